The summed E-state index contributed by atoms with van der Waals surface area (Å²) in [4.78, 5) is 34.2. The molecule has 3 aromatic rings. The lowest BCUT2D eigenvalue weighted by Gasteiger charge is -2.14. The quantitative estimate of drug-likeness (QED) is 0.651. The number of carbonyl (C=O) groups is 2. The van der Waals surface area contributed by atoms with E-state index in [4.69, 9.17) is 21.6 Å². The number of halogens is 1. The van der Waals surface area contributed by atoms with E-state index in [1.54, 1.807) is 30.3 Å². The molecule has 6 nitrogen and oxygen atoms in total. The molecule has 2 aliphatic carbocycles. The van der Waals surface area contributed by atoms with E-state index in [0.29, 0.717) is 33.5 Å². The normalized spacial score (nSPS) is 19.5. The fourth-order valence-corrected chi connectivity index (χ4v) is 4.38. The third-order valence-electron chi connectivity index (χ3n) is 5.56. The zero-order chi connectivity index (χ0) is 19.3. The molecule has 1 saturated carbocycles. The average Bonchev–Trinajstić information content (AvgIpc) is 3.32. The fraction of sp³-hybridized carbons (Fsp3) is 0.238. The van der Waals surface area contributed by atoms with Crippen LogP contribution in [0.1, 0.15) is 63.2 Å². The first-order valence-electron chi connectivity index (χ1n) is 9.26. The second-order valence-corrected chi connectivity index (χ2v) is 7.76. The molecule has 0 spiro atoms. The van der Waals surface area contributed by atoms with Crippen LogP contribution >= 0.6 is 11.6 Å². The number of nitrogens with one attached hydrogen (secondary N) is 2. The molecule has 28 heavy (non-hydrogen) atoms. The van der Waals surface area contributed by atoms with E-state index in [2.05, 4.69) is 10.9 Å². The van der Waals surface area contributed by atoms with Gasteiger partial charge >= 0.3 is 0 Å². The number of hydrogen-bond acceptors (Lipinski definition) is 4. The minimum Gasteiger partial charge on any atom is -0.267 e. The molecule has 5 rings (SSSR count). The van der Waals surface area contributed by atoms with Crippen molar-refractivity contribution in [1.82, 2.24) is 20.8 Å². The van der Waals surface area contributed by atoms with Gasteiger partial charge in [0.15, 0.2) is 0 Å². The van der Waals surface area contributed by atoms with E-state index in [0.717, 1.165) is 23.3 Å². The van der Waals surface area contributed by atoms with Gasteiger partial charge in [-0.15, -0.1) is 0 Å². The maximum absolute atomic E-state index is 12.5. The summed E-state index contributed by atoms with van der Waals surface area (Å²) in [5, 5.41) is 0.452. The van der Waals surface area contributed by atoms with Crippen molar-refractivity contribution >= 4 is 34.4 Å². The van der Waals surface area contributed by atoms with Gasteiger partial charge in [-0.1, -0.05) is 17.7 Å². The van der Waals surface area contributed by atoms with E-state index in [1.165, 1.54) is 18.9 Å². The second kappa shape index (κ2) is 6.56. The van der Waals surface area contributed by atoms with Crippen LogP contribution in [0.2, 0.25) is 5.02 Å². The Morgan fingerprint density at radius 3 is 2.18 bits per heavy atom. The van der Waals surface area contributed by atoms with Crippen molar-refractivity contribution < 1.29 is 9.59 Å². The highest BCUT2D eigenvalue weighted by Gasteiger charge is 2.39. The van der Waals surface area contributed by atoms with Crippen molar-refractivity contribution in [3.8, 4) is 0 Å². The smallest absolute Gasteiger partial charge is 0.267 e. The molecule has 2 bridgehead atoms. The summed E-state index contributed by atoms with van der Waals surface area (Å²) in [6, 6.07) is 11.7. The summed E-state index contributed by atoms with van der Waals surface area (Å²) >= 11 is 5.89. The van der Waals surface area contributed by atoms with Crippen molar-refractivity contribution in [2.24, 2.45) is 0 Å². The zero-order valence-electron chi connectivity index (χ0n) is 14.9. The lowest BCUT2D eigenvalue weighted by Crippen LogP contribution is -2.41. The lowest BCUT2D eigenvalue weighted by molar-refractivity contribution is 0.0847. The highest BCUT2D eigenvalue weighted by molar-refractivity contribution is 6.31. The minimum absolute atomic E-state index is 0.364. The Morgan fingerprint density at radius 1 is 0.857 bits per heavy atom. The largest absolute Gasteiger partial charge is 0.269 e. The number of hydrogen-bond donors (Lipinski definition) is 2. The number of aromatic nitrogens is 2. The third-order valence-corrected chi connectivity index (χ3v) is 5.80. The SMILES string of the molecule is O=C(NNC(=O)c1ccc2nc3c(nc2c1)C1CCC3C1)c1cccc(Cl)c1. The van der Waals surface area contributed by atoms with Gasteiger partial charge in [-0.2, -0.15) is 0 Å². The monoisotopic (exact) mass is 392 g/mol. The standard InChI is InChI=1S/C21H17ClN4O2/c22-15-3-1-2-13(9-15)20(27)25-26-21(28)14-6-7-16-17(10-14)24-19-12-5-4-11(8-12)18(19)23-16/h1-3,6-7,9-12H,4-5,8H2,(H,25,27)(H,26,28). The van der Waals surface area contributed by atoms with Crippen LogP contribution in [-0.2, 0) is 0 Å². The number of hydrazine groups is 1. The van der Waals surface area contributed by atoms with E-state index in [1.807, 2.05) is 6.07 Å². The Labute approximate surface area is 166 Å². The van der Waals surface area contributed by atoms with Gasteiger partial charge in [-0.25, -0.2) is 9.97 Å². The Hall–Kier alpha value is -2.99. The minimum atomic E-state index is -0.440. The molecule has 2 atom stereocenters. The molecule has 0 radical (unpaired) electrons. The van der Waals surface area contributed by atoms with Gasteiger partial charge in [-0.3, -0.25) is 20.4 Å². The molecule has 140 valence electrons. The summed E-state index contributed by atoms with van der Waals surface area (Å²) < 4.78 is 0. The Kier molecular flexibility index (Phi) is 4.02. The Balaban J connectivity index is 1.34. The molecular weight excluding hydrogens is 376 g/mol. The molecular formula is C21H17ClN4O2. The van der Waals surface area contributed by atoms with Crippen molar-refractivity contribution in [3.63, 3.8) is 0 Å². The molecule has 0 aliphatic heterocycles. The van der Waals surface area contributed by atoms with Crippen molar-refractivity contribution in [3.05, 3.63) is 70.0 Å². The van der Waals surface area contributed by atoms with Gasteiger partial charge in [0.25, 0.3) is 11.8 Å². The Morgan fingerprint density at radius 2 is 1.50 bits per heavy atom. The molecule has 2 aliphatic rings. The summed E-state index contributed by atoms with van der Waals surface area (Å²) in [6.45, 7) is 0. The van der Waals surface area contributed by atoms with Crippen molar-refractivity contribution in [2.45, 2.75) is 31.1 Å². The van der Waals surface area contributed by atoms with Gasteiger partial charge < -0.3 is 0 Å². The highest BCUT2D eigenvalue weighted by Crippen LogP contribution is 2.51. The van der Waals surface area contributed by atoms with Crippen LogP contribution in [0.5, 0.6) is 0 Å². The lowest BCUT2D eigenvalue weighted by atomic mass is 10.00. The second-order valence-electron chi connectivity index (χ2n) is 7.32. The molecule has 2 unspecified atom stereocenters. The summed E-state index contributed by atoms with van der Waals surface area (Å²) in [6.07, 6.45) is 3.52. The average molecular weight is 393 g/mol. The van der Waals surface area contributed by atoms with Crippen molar-refractivity contribution in [1.29, 1.82) is 0 Å². The van der Waals surface area contributed by atoms with Crippen LogP contribution in [0.25, 0.3) is 11.0 Å². The molecule has 7 heteroatoms. The number of carbonyl (C=O) groups excluding carboxylic acids is 2. The first-order valence-corrected chi connectivity index (χ1v) is 9.64. The van der Waals surface area contributed by atoms with E-state index < -0.39 is 11.8 Å². The predicted octanol–water partition coefficient (Wildman–Crippen LogP) is 3.72. The maximum atomic E-state index is 12.5. The number of benzene rings is 2. The molecule has 0 saturated heterocycles. The van der Waals surface area contributed by atoms with Crippen molar-refractivity contribution in [2.75, 3.05) is 0 Å². The van der Waals surface area contributed by atoms with Crippen LogP contribution in [0.3, 0.4) is 0 Å². The number of amides is 2. The predicted molar refractivity (Wildman–Crippen MR) is 105 cm³/mol. The molecule has 2 amide bonds. The van der Waals surface area contributed by atoms with Crippen LogP contribution in [0, 0.1) is 0 Å². The van der Waals surface area contributed by atoms with Gasteiger partial charge in [0.2, 0.25) is 0 Å². The topological polar surface area (TPSA) is 84.0 Å². The van der Waals surface area contributed by atoms with Gasteiger partial charge in [-0.05, 0) is 55.7 Å². The Bertz CT molecular complexity index is 1130. The fourth-order valence-electron chi connectivity index (χ4n) is 4.19. The summed E-state index contributed by atoms with van der Waals surface area (Å²) in [5.41, 5.74) is 9.34. The summed E-state index contributed by atoms with van der Waals surface area (Å²) in [7, 11) is 0. The van der Waals surface area contributed by atoms with E-state index in [-0.39, 0.29) is 0 Å². The first kappa shape index (κ1) is 17.1. The summed E-state index contributed by atoms with van der Waals surface area (Å²) in [5.74, 6) is 0.194. The molecule has 2 aromatic carbocycles. The maximum Gasteiger partial charge on any atom is 0.269 e. The highest BCUT2D eigenvalue weighted by atomic mass is 35.5. The first-order chi connectivity index (χ1) is 13.6. The van der Waals surface area contributed by atoms with Gasteiger partial charge in [0.05, 0.1) is 22.4 Å². The van der Waals surface area contributed by atoms with Gasteiger partial charge in [0.1, 0.15) is 0 Å². The van der Waals surface area contributed by atoms with Crippen LogP contribution in [-0.4, -0.2) is 21.8 Å². The molecule has 1 heterocycles. The van der Waals surface area contributed by atoms with Crippen LogP contribution < -0.4 is 10.9 Å². The van der Waals surface area contributed by atoms with Crippen LogP contribution in [0.15, 0.2) is 42.5 Å². The number of nitrogens with zero attached hydrogens (tertiary/aromatic N) is 2. The van der Waals surface area contributed by atoms with Gasteiger partial charge in [0, 0.05) is 28.0 Å². The molecule has 1 aromatic heterocycles. The van der Waals surface area contributed by atoms with E-state index >= 15 is 0 Å². The number of fused-ring (bicyclic) bond motifs is 6. The zero-order valence-corrected chi connectivity index (χ0v) is 15.7. The van der Waals surface area contributed by atoms with Crippen LogP contribution in [0.4, 0.5) is 0 Å². The number of rotatable bonds is 2. The molecule has 2 N–H and O–H groups in total. The third kappa shape index (κ3) is 2.90. The van der Waals surface area contributed by atoms with E-state index in [9.17, 15) is 9.59 Å². The molecule has 1 fully saturated rings.